The molecule has 2 heterocycles. The fourth-order valence-electron chi connectivity index (χ4n) is 2.74. The zero-order chi connectivity index (χ0) is 14.1. The molecule has 0 unspecified atom stereocenters. The molecule has 1 aliphatic rings. The Morgan fingerprint density at radius 2 is 1.86 bits per heavy atom. The Bertz CT molecular complexity index is 760. The second-order valence-corrected chi connectivity index (χ2v) is 5.36. The molecule has 0 saturated carbocycles. The van der Waals surface area contributed by atoms with Crippen LogP contribution in [0.5, 0.6) is 0 Å². The van der Waals surface area contributed by atoms with Gasteiger partial charge in [0.15, 0.2) is 0 Å². The van der Waals surface area contributed by atoms with Crippen molar-refractivity contribution in [3.8, 4) is 11.5 Å². The number of ether oxygens (including phenoxy) is 1. The molecule has 0 aliphatic carbocycles. The van der Waals surface area contributed by atoms with Crippen LogP contribution in [-0.4, -0.2) is 16.8 Å². The average Bonchev–Trinajstić information content (AvgIpc) is 3.05. The van der Waals surface area contributed by atoms with Crippen molar-refractivity contribution in [1.29, 1.82) is 0 Å². The van der Waals surface area contributed by atoms with Gasteiger partial charge in [-0.2, -0.15) is 0 Å². The first-order valence-corrected chi connectivity index (χ1v) is 7.34. The van der Waals surface area contributed by atoms with E-state index in [0.29, 0.717) is 11.8 Å². The highest BCUT2D eigenvalue weighted by atomic mass is 16.5. The van der Waals surface area contributed by atoms with Crippen molar-refractivity contribution in [1.82, 2.24) is 10.2 Å². The first-order chi connectivity index (χ1) is 10.4. The Hall–Kier alpha value is -2.20. The number of nitrogens with zero attached hydrogens (tertiary/aromatic N) is 2. The van der Waals surface area contributed by atoms with E-state index < -0.39 is 0 Å². The van der Waals surface area contributed by atoms with E-state index in [2.05, 4.69) is 34.5 Å². The number of benzene rings is 2. The Morgan fingerprint density at radius 1 is 0.952 bits per heavy atom. The monoisotopic (exact) mass is 280 g/mol. The zero-order valence-corrected chi connectivity index (χ0v) is 11.7. The molecular weight excluding hydrogens is 264 g/mol. The second-order valence-electron chi connectivity index (χ2n) is 5.36. The third-order valence-corrected chi connectivity index (χ3v) is 3.89. The highest BCUT2D eigenvalue weighted by molar-refractivity contribution is 5.86. The van der Waals surface area contributed by atoms with Crippen LogP contribution >= 0.6 is 0 Å². The van der Waals surface area contributed by atoms with Gasteiger partial charge in [0, 0.05) is 12.2 Å². The van der Waals surface area contributed by atoms with Gasteiger partial charge in [-0.1, -0.05) is 30.3 Å². The summed E-state index contributed by atoms with van der Waals surface area (Å²) in [5, 5.41) is 10.7. The summed E-state index contributed by atoms with van der Waals surface area (Å²) in [6.07, 6.45) is 3.18. The van der Waals surface area contributed by atoms with E-state index in [1.54, 1.807) is 0 Å². The lowest BCUT2D eigenvalue weighted by molar-refractivity contribution is -0.00126. The zero-order valence-electron chi connectivity index (χ0n) is 11.7. The molecule has 1 aliphatic heterocycles. The van der Waals surface area contributed by atoms with Crippen molar-refractivity contribution in [2.75, 3.05) is 6.61 Å². The van der Waals surface area contributed by atoms with Crippen LogP contribution in [0.3, 0.4) is 0 Å². The fraction of sp³-hybridized carbons (Fsp3) is 0.294. The lowest BCUT2D eigenvalue weighted by Crippen LogP contribution is -2.11. The van der Waals surface area contributed by atoms with Crippen molar-refractivity contribution < 1.29 is 9.15 Å². The lowest BCUT2D eigenvalue weighted by atomic mass is 10.1. The van der Waals surface area contributed by atoms with Crippen LogP contribution in [0.2, 0.25) is 0 Å². The van der Waals surface area contributed by atoms with E-state index in [0.717, 1.165) is 31.4 Å². The van der Waals surface area contributed by atoms with E-state index in [1.807, 2.05) is 18.2 Å². The maximum atomic E-state index is 5.81. The van der Waals surface area contributed by atoms with Crippen molar-refractivity contribution in [3.05, 3.63) is 48.4 Å². The smallest absolute Gasteiger partial charge is 0.247 e. The van der Waals surface area contributed by atoms with Crippen LogP contribution in [0.15, 0.2) is 46.9 Å². The van der Waals surface area contributed by atoms with Crippen molar-refractivity contribution in [2.24, 2.45) is 0 Å². The molecule has 21 heavy (non-hydrogen) atoms. The summed E-state index contributed by atoms with van der Waals surface area (Å²) in [5.41, 5.74) is 0.947. The minimum atomic E-state index is -0.0412. The Kier molecular flexibility index (Phi) is 3.16. The van der Waals surface area contributed by atoms with Gasteiger partial charge in [0.2, 0.25) is 11.8 Å². The van der Waals surface area contributed by atoms with Gasteiger partial charge in [-0.15, -0.1) is 10.2 Å². The third-order valence-electron chi connectivity index (χ3n) is 3.89. The molecule has 2 aromatic carbocycles. The number of hydrogen-bond donors (Lipinski definition) is 0. The molecular formula is C17H16N2O2. The van der Waals surface area contributed by atoms with Gasteiger partial charge in [0.05, 0.1) is 0 Å². The van der Waals surface area contributed by atoms with Crippen LogP contribution < -0.4 is 0 Å². The summed E-state index contributed by atoms with van der Waals surface area (Å²) in [6, 6.07) is 14.4. The Morgan fingerprint density at radius 3 is 2.71 bits per heavy atom. The summed E-state index contributed by atoms with van der Waals surface area (Å²) < 4.78 is 11.5. The van der Waals surface area contributed by atoms with Gasteiger partial charge in [0.1, 0.15) is 6.10 Å². The summed E-state index contributed by atoms with van der Waals surface area (Å²) in [4.78, 5) is 0. The van der Waals surface area contributed by atoms with Crippen LogP contribution in [0.25, 0.3) is 22.2 Å². The highest BCUT2D eigenvalue weighted by Crippen LogP contribution is 2.30. The second kappa shape index (κ2) is 5.30. The summed E-state index contributed by atoms with van der Waals surface area (Å²) >= 11 is 0. The number of rotatable bonds is 2. The first-order valence-electron chi connectivity index (χ1n) is 7.34. The van der Waals surface area contributed by atoms with E-state index in [-0.39, 0.29) is 6.10 Å². The molecule has 4 rings (SSSR count). The molecule has 1 saturated heterocycles. The first kappa shape index (κ1) is 12.5. The minimum absolute atomic E-state index is 0.0412. The van der Waals surface area contributed by atoms with E-state index in [1.165, 1.54) is 10.8 Å². The third kappa shape index (κ3) is 2.43. The van der Waals surface area contributed by atoms with E-state index in [9.17, 15) is 0 Å². The van der Waals surface area contributed by atoms with Crippen LogP contribution in [0.4, 0.5) is 0 Å². The molecule has 0 N–H and O–H groups in total. The highest BCUT2D eigenvalue weighted by Gasteiger charge is 2.22. The Balaban J connectivity index is 1.67. The van der Waals surface area contributed by atoms with Crippen LogP contribution in [-0.2, 0) is 4.74 Å². The maximum absolute atomic E-state index is 5.81. The van der Waals surface area contributed by atoms with E-state index >= 15 is 0 Å². The quantitative estimate of drug-likeness (QED) is 0.708. The largest absolute Gasteiger partial charge is 0.418 e. The summed E-state index contributed by atoms with van der Waals surface area (Å²) in [6.45, 7) is 0.776. The minimum Gasteiger partial charge on any atom is -0.418 e. The summed E-state index contributed by atoms with van der Waals surface area (Å²) in [5.74, 6) is 1.16. The molecule has 1 atom stereocenters. The van der Waals surface area contributed by atoms with Gasteiger partial charge >= 0.3 is 0 Å². The van der Waals surface area contributed by atoms with E-state index in [4.69, 9.17) is 9.15 Å². The van der Waals surface area contributed by atoms with Gasteiger partial charge in [0.25, 0.3) is 0 Å². The molecule has 0 bridgehead atoms. The molecule has 0 radical (unpaired) electrons. The molecule has 0 amide bonds. The maximum Gasteiger partial charge on any atom is 0.247 e. The number of aromatic nitrogens is 2. The SMILES string of the molecule is c1ccc2cc(-c3nnc([C@@H]4CCCCO4)o3)ccc2c1. The van der Waals surface area contributed by atoms with Gasteiger partial charge < -0.3 is 9.15 Å². The standard InChI is InChI=1S/C17H16N2O2/c1-2-6-13-11-14(9-8-12(13)5-1)16-18-19-17(21-16)15-7-3-4-10-20-15/h1-2,5-6,8-9,11,15H,3-4,7,10H2/t15-/m0/s1. The summed E-state index contributed by atoms with van der Waals surface area (Å²) in [7, 11) is 0. The predicted molar refractivity (Wildman–Crippen MR) is 79.8 cm³/mol. The van der Waals surface area contributed by atoms with Gasteiger partial charge in [-0.05, 0) is 42.2 Å². The molecule has 3 aromatic rings. The molecule has 4 nitrogen and oxygen atoms in total. The van der Waals surface area contributed by atoms with Gasteiger partial charge in [-0.25, -0.2) is 0 Å². The number of fused-ring (bicyclic) bond motifs is 1. The fourth-order valence-corrected chi connectivity index (χ4v) is 2.74. The molecule has 1 aromatic heterocycles. The van der Waals surface area contributed by atoms with Crippen LogP contribution in [0, 0.1) is 0 Å². The normalized spacial score (nSPS) is 19.0. The van der Waals surface area contributed by atoms with Crippen molar-refractivity contribution in [2.45, 2.75) is 25.4 Å². The van der Waals surface area contributed by atoms with Crippen molar-refractivity contribution in [3.63, 3.8) is 0 Å². The number of hydrogen-bond acceptors (Lipinski definition) is 4. The molecule has 106 valence electrons. The topological polar surface area (TPSA) is 48.2 Å². The van der Waals surface area contributed by atoms with Crippen molar-refractivity contribution >= 4 is 10.8 Å². The predicted octanol–water partition coefficient (Wildman–Crippen LogP) is 4.13. The molecule has 0 spiro atoms. The molecule has 4 heteroatoms. The molecule has 1 fully saturated rings. The Labute approximate surface area is 122 Å². The van der Waals surface area contributed by atoms with Crippen LogP contribution in [0.1, 0.15) is 31.3 Å². The lowest BCUT2D eigenvalue weighted by Gasteiger charge is -2.18. The average molecular weight is 280 g/mol. The van der Waals surface area contributed by atoms with Gasteiger partial charge in [-0.3, -0.25) is 0 Å².